The number of carbonyl (C=O) groups is 3. The standard InChI is InChI=1S/C27H33N9O4/c1-6-22(37)35-9-7-8-19(15-35)36-14-18(12-30-36)31-27-29-13-20(24(28)38)25(33-27)32-23-16(2)10-17(11-21(23)40-5)26(39)34(3)4/h6,10-14,19H,1,7-9,15H2,2-5H3,(H2,28,38)(H2,29,31,32,33)/t19-/m0/s1. The summed E-state index contributed by atoms with van der Waals surface area (Å²) in [5, 5.41) is 10.7. The maximum Gasteiger partial charge on any atom is 0.254 e. The number of benzene rings is 1. The zero-order valence-corrected chi connectivity index (χ0v) is 23.0. The molecule has 210 valence electrons. The number of primary amides is 1. The largest absolute Gasteiger partial charge is 0.495 e. The van der Waals surface area contributed by atoms with E-state index in [-0.39, 0.29) is 35.2 Å². The first-order chi connectivity index (χ1) is 19.1. The fourth-order valence-corrected chi connectivity index (χ4v) is 4.53. The van der Waals surface area contributed by atoms with Gasteiger partial charge < -0.3 is 30.9 Å². The number of nitrogens with one attached hydrogen (secondary N) is 2. The predicted octanol–water partition coefficient (Wildman–Crippen LogP) is 2.63. The SMILES string of the molecule is C=CC(=O)N1CCC[C@H](n2cc(Nc3ncc(C(N)=O)c(Nc4c(C)cc(C(=O)N(C)C)cc4OC)n3)cn2)C1. The Labute approximate surface area is 232 Å². The Morgan fingerprint density at radius 1 is 1.23 bits per heavy atom. The van der Waals surface area contributed by atoms with Crippen LogP contribution in [0.3, 0.4) is 0 Å². The van der Waals surface area contributed by atoms with Crippen LogP contribution in [0.25, 0.3) is 0 Å². The Kier molecular flexibility index (Phi) is 8.31. The fourth-order valence-electron chi connectivity index (χ4n) is 4.53. The maximum absolute atomic E-state index is 12.5. The van der Waals surface area contributed by atoms with Crippen LogP contribution in [0, 0.1) is 6.92 Å². The number of aryl methyl sites for hydroxylation is 1. The summed E-state index contributed by atoms with van der Waals surface area (Å²) in [4.78, 5) is 48.7. The Balaban J connectivity index is 1.58. The van der Waals surface area contributed by atoms with Crippen LogP contribution in [0.2, 0.25) is 0 Å². The molecule has 0 aliphatic carbocycles. The molecule has 0 radical (unpaired) electrons. The molecule has 13 heteroatoms. The highest BCUT2D eigenvalue weighted by Gasteiger charge is 2.24. The van der Waals surface area contributed by atoms with Gasteiger partial charge in [-0.3, -0.25) is 19.1 Å². The smallest absolute Gasteiger partial charge is 0.254 e. The molecule has 2 aromatic heterocycles. The second-order valence-corrected chi connectivity index (χ2v) is 9.63. The molecule has 3 aromatic rings. The zero-order chi connectivity index (χ0) is 29.0. The average Bonchev–Trinajstić information content (AvgIpc) is 3.41. The molecule has 1 aliphatic rings. The van der Waals surface area contributed by atoms with E-state index in [1.807, 2.05) is 17.8 Å². The molecule has 0 bridgehead atoms. The molecule has 1 fully saturated rings. The van der Waals surface area contributed by atoms with Crippen LogP contribution in [-0.4, -0.2) is 81.6 Å². The second-order valence-electron chi connectivity index (χ2n) is 9.63. The lowest BCUT2D eigenvalue weighted by molar-refractivity contribution is -0.127. The molecule has 3 heterocycles. The van der Waals surface area contributed by atoms with Gasteiger partial charge in [0.15, 0.2) is 0 Å². The Morgan fingerprint density at radius 2 is 2.00 bits per heavy atom. The van der Waals surface area contributed by atoms with E-state index in [0.29, 0.717) is 41.3 Å². The average molecular weight is 548 g/mol. The van der Waals surface area contributed by atoms with E-state index in [2.05, 4.69) is 32.3 Å². The number of piperidine rings is 1. The molecule has 40 heavy (non-hydrogen) atoms. The van der Waals surface area contributed by atoms with Crippen molar-refractivity contribution in [3.63, 3.8) is 0 Å². The number of hydrogen-bond donors (Lipinski definition) is 3. The van der Waals surface area contributed by atoms with Crippen molar-refractivity contribution in [1.29, 1.82) is 0 Å². The third-order valence-corrected chi connectivity index (χ3v) is 6.58. The summed E-state index contributed by atoms with van der Waals surface area (Å²) in [6.07, 6.45) is 7.87. The van der Waals surface area contributed by atoms with E-state index >= 15 is 0 Å². The van der Waals surface area contributed by atoms with E-state index in [1.54, 1.807) is 37.3 Å². The lowest BCUT2D eigenvalue weighted by atomic mass is 10.1. The molecule has 1 aromatic carbocycles. The van der Waals surface area contributed by atoms with Gasteiger partial charge in [-0.25, -0.2) is 4.98 Å². The van der Waals surface area contributed by atoms with Crippen LogP contribution in [0.4, 0.5) is 23.1 Å². The summed E-state index contributed by atoms with van der Waals surface area (Å²) in [7, 11) is 4.83. The first-order valence-electron chi connectivity index (χ1n) is 12.7. The monoisotopic (exact) mass is 547 g/mol. The molecule has 13 nitrogen and oxygen atoms in total. The molecular formula is C27H33N9O4. The van der Waals surface area contributed by atoms with Crippen molar-refractivity contribution in [2.45, 2.75) is 25.8 Å². The minimum absolute atomic E-state index is 0.0290. The van der Waals surface area contributed by atoms with Gasteiger partial charge in [-0.2, -0.15) is 10.1 Å². The third-order valence-electron chi connectivity index (χ3n) is 6.58. The number of likely N-dealkylation sites (tertiary alicyclic amines) is 1. The first kappa shape index (κ1) is 28.1. The molecule has 0 spiro atoms. The van der Waals surface area contributed by atoms with Gasteiger partial charge in [0.05, 0.1) is 30.7 Å². The topological polar surface area (TPSA) is 161 Å². The minimum Gasteiger partial charge on any atom is -0.495 e. The van der Waals surface area contributed by atoms with Crippen molar-refractivity contribution >= 4 is 40.9 Å². The third kappa shape index (κ3) is 6.03. The maximum atomic E-state index is 12.5. The number of nitrogens with zero attached hydrogens (tertiary/aromatic N) is 6. The molecule has 4 N–H and O–H groups in total. The number of aromatic nitrogens is 4. The van der Waals surface area contributed by atoms with E-state index in [1.165, 1.54) is 24.3 Å². The summed E-state index contributed by atoms with van der Waals surface area (Å²) >= 11 is 0. The minimum atomic E-state index is -0.714. The lowest BCUT2D eigenvalue weighted by Crippen LogP contribution is -2.39. The van der Waals surface area contributed by atoms with Gasteiger partial charge in [0.25, 0.3) is 11.8 Å². The van der Waals surface area contributed by atoms with E-state index in [4.69, 9.17) is 10.5 Å². The highest BCUT2D eigenvalue weighted by Crippen LogP contribution is 2.34. The summed E-state index contributed by atoms with van der Waals surface area (Å²) < 4.78 is 7.35. The van der Waals surface area contributed by atoms with Crippen molar-refractivity contribution < 1.29 is 19.1 Å². The van der Waals surface area contributed by atoms with Crippen LogP contribution >= 0.6 is 0 Å². The summed E-state index contributed by atoms with van der Waals surface area (Å²) in [5.74, 6) is -0.219. The summed E-state index contributed by atoms with van der Waals surface area (Å²) in [6.45, 7) is 6.63. The van der Waals surface area contributed by atoms with Crippen molar-refractivity contribution in [3.8, 4) is 5.75 Å². The number of methoxy groups -OCH3 is 1. The van der Waals surface area contributed by atoms with Crippen LogP contribution in [0.1, 0.15) is 45.2 Å². The normalized spacial score (nSPS) is 14.8. The Bertz CT molecular complexity index is 1450. The first-order valence-corrected chi connectivity index (χ1v) is 12.7. The number of nitrogens with two attached hydrogens (primary N) is 1. The molecule has 3 amide bonds. The van der Waals surface area contributed by atoms with Crippen LogP contribution < -0.4 is 21.1 Å². The number of carbonyl (C=O) groups excluding carboxylic acids is 3. The van der Waals surface area contributed by atoms with Crippen LogP contribution in [0.15, 0.2) is 43.4 Å². The van der Waals surface area contributed by atoms with Crippen molar-refractivity contribution in [1.82, 2.24) is 29.5 Å². The van der Waals surface area contributed by atoms with Crippen molar-refractivity contribution in [2.24, 2.45) is 5.73 Å². The van der Waals surface area contributed by atoms with E-state index in [9.17, 15) is 14.4 Å². The van der Waals surface area contributed by atoms with Gasteiger partial charge in [0.2, 0.25) is 11.9 Å². The molecule has 0 saturated carbocycles. The van der Waals surface area contributed by atoms with Crippen molar-refractivity contribution in [3.05, 3.63) is 60.1 Å². The van der Waals surface area contributed by atoms with Gasteiger partial charge >= 0.3 is 0 Å². The number of hydrogen-bond acceptors (Lipinski definition) is 9. The van der Waals surface area contributed by atoms with Gasteiger partial charge in [0, 0.05) is 45.1 Å². The molecule has 4 rings (SSSR count). The van der Waals surface area contributed by atoms with E-state index < -0.39 is 5.91 Å². The van der Waals surface area contributed by atoms with Gasteiger partial charge in [0.1, 0.15) is 17.1 Å². The summed E-state index contributed by atoms with van der Waals surface area (Å²) in [6, 6.07) is 3.37. The molecule has 1 saturated heterocycles. The fraction of sp³-hybridized carbons (Fsp3) is 0.333. The molecular weight excluding hydrogens is 514 g/mol. The Morgan fingerprint density at radius 3 is 2.67 bits per heavy atom. The van der Waals surface area contributed by atoms with Crippen molar-refractivity contribution in [2.75, 3.05) is 44.9 Å². The second kappa shape index (κ2) is 11.8. The molecule has 1 atom stereocenters. The van der Waals surface area contributed by atoms with Crippen LogP contribution in [0.5, 0.6) is 5.75 Å². The highest BCUT2D eigenvalue weighted by atomic mass is 16.5. The predicted molar refractivity (Wildman–Crippen MR) is 150 cm³/mol. The number of ether oxygens (including phenoxy) is 1. The number of anilines is 4. The lowest BCUT2D eigenvalue weighted by Gasteiger charge is -2.32. The molecule has 1 aliphatic heterocycles. The summed E-state index contributed by atoms with van der Waals surface area (Å²) in [5.41, 5.74) is 7.98. The van der Waals surface area contributed by atoms with Crippen LogP contribution in [-0.2, 0) is 4.79 Å². The quantitative estimate of drug-likeness (QED) is 0.342. The van der Waals surface area contributed by atoms with Gasteiger partial charge in [-0.15, -0.1) is 0 Å². The number of rotatable bonds is 9. The zero-order valence-electron chi connectivity index (χ0n) is 23.0. The molecule has 0 unspecified atom stereocenters. The highest BCUT2D eigenvalue weighted by molar-refractivity contribution is 5.99. The number of amides is 3. The Hall–Kier alpha value is -4.94. The van der Waals surface area contributed by atoms with Gasteiger partial charge in [-0.1, -0.05) is 6.58 Å². The van der Waals surface area contributed by atoms with Gasteiger partial charge in [-0.05, 0) is 43.5 Å². The van der Waals surface area contributed by atoms with E-state index in [0.717, 1.165) is 12.8 Å².